The maximum absolute atomic E-state index is 11.1. The Morgan fingerprint density at radius 3 is 2.35 bits per heavy atom. The van der Waals surface area contributed by atoms with E-state index >= 15 is 0 Å². The first-order valence-corrected chi connectivity index (χ1v) is 6.83. The summed E-state index contributed by atoms with van der Waals surface area (Å²) in [6, 6.07) is 0. The number of hydrogen-bond acceptors (Lipinski definition) is 3. The first kappa shape index (κ1) is 12.8. The minimum Gasteiger partial charge on any atom is -0.389 e. The average Bonchev–Trinajstić information content (AvgIpc) is 2.30. The number of rotatable bonds is 3. The van der Waals surface area contributed by atoms with Gasteiger partial charge in [-0.15, -0.1) is 0 Å². The number of hydrogen-bond donors (Lipinski definition) is 2. The van der Waals surface area contributed by atoms with Crippen molar-refractivity contribution in [3.8, 4) is 0 Å². The molecule has 0 aromatic rings. The van der Waals surface area contributed by atoms with Crippen molar-refractivity contribution in [3.05, 3.63) is 0 Å². The lowest BCUT2D eigenvalue weighted by Crippen LogP contribution is -2.48. The van der Waals surface area contributed by atoms with Gasteiger partial charge >= 0.3 is 0 Å². The topological polar surface area (TPSA) is 66.6 Å². The van der Waals surface area contributed by atoms with E-state index in [1.165, 1.54) is 6.42 Å². The van der Waals surface area contributed by atoms with Gasteiger partial charge in [0.05, 0.1) is 5.60 Å². The Hall–Kier alpha value is -0.610. The summed E-state index contributed by atoms with van der Waals surface area (Å²) in [7, 11) is 0. The first-order chi connectivity index (χ1) is 8.09. The Labute approximate surface area is 103 Å². The summed E-state index contributed by atoms with van der Waals surface area (Å²) in [5.41, 5.74) is 4.84. The summed E-state index contributed by atoms with van der Waals surface area (Å²) >= 11 is 0. The molecule has 17 heavy (non-hydrogen) atoms. The molecule has 4 nitrogen and oxygen atoms in total. The monoisotopic (exact) mass is 240 g/mol. The van der Waals surface area contributed by atoms with Gasteiger partial charge < -0.3 is 15.7 Å². The number of likely N-dealkylation sites (tertiary alicyclic amines) is 1. The maximum atomic E-state index is 11.1. The van der Waals surface area contributed by atoms with E-state index in [9.17, 15) is 9.90 Å². The van der Waals surface area contributed by atoms with E-state index in [4.69, 9.17) is 5.73 Å². The molecule has 1 aliphatic carbocycles. The van der Waals surface area contributed by atoms with Crippen molar-refractivity contribution < 1.29 is 9.90 Å². The zero-order chi connectivity index (χ0) is 12.3. The SMILES string of the molecule is NC(=O)C1CCN(CC2(O)CCCCC2)CC1. The molecule has 4 heteroatoms. The molecule has 0 atom stereocenters. The molecule has 1 saturated carbocycles. The van der Waals surface area contributed by atoms with E-state index in [0.717, 1.165) is 58.2 Å². The van der Waals surface area contributed by atoms with Gasteiger partial charge in [0.1, 0.15) is 0 Å². The maximum Gasteiger partial charge on any atom is 0.220 e. The second kappa shape index (κ2) is 5.36. The summed E-state index contributed by atoms with van der Waals surface area (Å²) in [5, 5.41) is 10.5. The molecule has 1 saturated heterocycles. The van der Waals surface area contributed by atoms with Crippen molar-refractivity contribution in [1.82, 2.24) is 4.90 Å². The van der Waals surface area contributed by atoms with Gasteiger partial charge in [0.15, 0.2) is 0 Å². The smallest absolute Gasteiger partial charge is 0.220 e. The lowest BCUT2D eigenvalue weighted by Gasteiger charge is -2.39. The Bertz CT molecular complexity index is 267. The summed E-state index contributed by atoms with van der Waals surface area (Å²) in [4.78, 5) is 13.4. The molecule has 1 aliphatic heterocycles. The third-order valence-electron chi connectivity index (χ3n) is 4.29. The highest BCUT2D eigenvalue weighted by atomic mass is 16.3. The molecule has 0 spiro atoms. The van der Waals surface area contributed by atoms with E-state index in [0.29, 0.717) is 0 Å². The molecule has 0 radical (unpaired) electrons. The molecular weight excluding hydrogens is 216 g/mol. The molecule has 2 rings (SSSR count). The molecule has 98 valence electrons. The van der Waals surface area contributed by atoms with Crippen LogP contribution < -0.4 is 5.73 Å². The fourth-order valence-corrected chi connectivity index (χ4v) is 3.16. The fourth-order valence-electron chi connectivity index (χ4n) is 3.16. The van der Waals surface area contributed by atoms with Crippen LogP contribution in [-0.2, 0) is 4.79 Å². The number of β-amino-alcohol motifs (C(OH)–C–C–N with tert-alkyl or cyclic N) is 1. The van der Waals surface area contributed by atoms with Gasteiger partial charge in [0.25, 0.3) is 0 Å². The van der Waals surface area contributed by atoms with Crippen LogP contribution in [-0.4, -0.2) is 41.1 Å². The molecule has 0 bridgehead atoms. The van der Waals surface area contributed by atoms with Crippen LogP contribution in [0.25, 0.3) is 0 Å². The number of nitrogens with zero attached hydrogens (tertiary/aromatic N) is 1. The Balaban J connectivity index is 1.79. The van der Waals surface area contributed by atoms with E-state index in [-0.39, 0.29) is 11.8 Å². The second-order valence-corrected chi connectivity index (χ2v) is 5.74. The van der Waals surface area contributed by atoms with Gasteiger partial charge in [0, 0.05) is 12.5 Å². The number of nitrogens with two attached hydrogens (primary N) is 1. The highest BCUT2D eigenvalue weighted by Gasteiger charge is 2.33. The molecule has 2 aliphatic rings. The zero-order valence-corrected chi connectivity index (χ0v) is 10.5. The van der Waals surface area contributed by atoms with E-state index in [1.54, 1.807) is 0 Å². The molecule has 0 unspecified atom stereocenters. The predicted molar refractivity (Wildman–Crippen MR) is 66.4 cm³/mol. The standard InChI is InChI=1S/C13H24N2O2/c14-12(16)11-4-8-15(9-5-11)10-13(17)6-2-1-3-7-13/h11,17H,1-10H2,(H2,14,16). The minimum atomic E-state index is -0.474. The normalized spacial score (nSPS) is 26.9. The molecule has 1 heterocycles. The molecule has 2 fully saturated rings. The van der Waals surface area contributed by atoms with Crippen molar-refractivity contribution in [1.29, 1.82) is 0 Å². The summed E-state index contributed by atoms with van der Waals surface area (Å²) in [6.07, 6.45) is 7.12. The van der Waals surface area contributed by atoms with Crippen LogP contribution >= 0.6 is 0 Å². The molecule has 3 N–H and O–H groups in total. The number of amides is 1. The lowest BCUT2D eigenvalue weighted by atomic mass is 9.84. The van der Waals surface area contributed by atoms with Crippen molar-refractivity contribution in [2.45, 2.75) is 50.5 Å². The Morgan fingerprint density at radius 1 is 1.24 bits per heavy atom. The van der Waals surface area contributed by atoms with Gasteiger partial charge in [-0.1, -0.05) is 19.3 Å². The molecule has 0 aromatic carbocycles. The van der Waals surface area contributed by atoms with E-state index in [1.807, 2.05) is 0 Å². The van der Waals surface area contributed by atoms with Crippen LogP contribution in [0.5, 0.6) is 0 Å². The van der Waals surface area contributed by atoms with E-state index in [2.05, 4.69) is 4.90 Å². The van der Waals surface area contributed by atoms with Crippen LogP contribution in [0.1, 0.15) is 44.9 Å². The first-order valence-electron chi connectivity index (χ1n) is 6.83. The van der Waals surface area contributed by atoms with Gasteiger partial charge in [-0.2, -0.15) is 0 Å². The van der Waals surface area contributed by atoms with Gasteiger partial charge in [-0.05, 0) is 38.8 Å². The van der Waals surface area contributed by atoms with Crippen molar-refractivity contribution >= 4 is 5.91 Å². The molecule has 1 amide bonds. The molecule has 0 aromatic heterocycles. The Morgan fingerprint density at radius 2 is 1.82 bits per heavy atom. The van der Waals surface area contributed by atoms with Crippen LogP contribution in [0.3, 0.4) is 0 Å². The number of aliphatic hydroxyl groups is 1. The van der Waals surface area contributed by atoms with Crippen LogP contribution in [0.4, 0.5) is 0 Å². The summed E-state index contributed by atoms with van der Waals surface area (Å²) in [6.45, 7) is 2.57. The van der Waals surface area contributed by atoms with Crippen LogP contribution in [0.2, 0.25) is 0 Å². The van der Waals surface area contributed by atoms with Crippen molar-refractivity contribution in [3.63, 3.8) is 0 Å². The molecular formula is C13H24N2O2. The number of primary amides is 1. The lowest BCUT2D eigenvalue weighted by molar-refractivity contribution is -0.123. The highest BCUT2D eigenvalue weighted by Crippen LogP contribution is 2.30. The van der Waals surface area contributed by atoms with Gasteiger partial charge in [-0.25, -0.2) is 0 Å². The van der Waals surface area contributed by atoms with Gasteiger partial charge in [0.2, 0.25) is 5.91 Å². The third-order valence-corrected chi connectivity index (χ3v) is 4.29. The summed E-state index contributed by atoms with van der Waals surface area (Å²) in [5.74, 6) is -0.117. The zero-order valence-electron chi connectivity index (χ0n) is 10.5. The predicted octanol–water partition coefficient (Wildman–Crippen LogP) is 0.879. The number of carbonyl (C=O) groups is 1. The summed E-state index contributed by atoms with van der Waals surface area (Å²) < 4.78 is 0. The van der Waals surface area contributed by atoms with Crippen LogP contribution in [0.15, 0.2) is 0 Å². The second-order valence-electron chi connectivity index (χ2n) is 5.74. The van der Waals surface area contributed by atoms with Crippen molar-refractivity contribution in [2.24, 2.45) is 11.7 Å². The number of carbonyl (C=O) groups excluding carboxylic acids is 1. The third kappa shape index (κ3) is 3.42. The number of piperidine rings is 1. The van der Waals surface area contributed by atoms with E-state index < -0.39 is 5.60 Å². The van der Waals surface area contributed by atoms with Crippen LogP contribution in [0, 0.1) is 5.92 Å². The minimum absolute atomic E-state index is 0.0484. The largest absolute Gasteiger partial charge is 0.389 e. The average molecular weight is 240 g/mol. The van der Waals surface area contributed by atoms with Gasteiger partial charge in [-0.3, -0.25) is 4.79 Å². The Kier molecular flexibility index (Phi) is 4.05. The quantitative estimate of drug-likeness (QED) is 0.769. The fraction of sp³-hybridized carbons (Fsp3) is 0.923. The highest BCUT2D eigenvalue weighted by molar-refractivity contribution is 5.76. The van der Waals surface area contributed by atoms with Crippen molar-refractivity contribution in [2.75, 3.05) is 19.6 Å².